The number of hydrogen-bond donors (Lipinski definition) is 1. The van der Waals surface area contributed by atoms with Crippen LogP contribution in [0.5, 0.6) is 0 Å². The van der Waals surface area contributed by atoms with Crippen LogP contribution in [0.3, 0.4) is 0 Å². The Bertz CT molecular complexity index is 1310. The molecular formula is C19H13F3N6O3. The molecule has 0 aliphatic carbocycles. The third-order valence-corrected chi connectivity index (χ3v) is 4.36. The summed E-state index contributed by atoms with van der Waals surface area (Å²) in [5, 5.41) is 10.2. The zero-order chi connectivity index (χ0) is 22.1. The van der Waals surface area contributed by atoms with Crippen LogP contribution in [0, 0.1) is 11.6 Å². The van der Waals surface area contributed by atoms with Crippen molar-refractivity contribution in [1.29, 1.82) is 0 Å². The zero-order valence-electron chi connectivity index (χ0n) is 15.8. The van der Waals surface area contributed by atoms with E-state index in [1.807, 2.05) is 0 Å². The summed E-state index contributed by atoms with van der Waals surface area (Å²) in [7, 11) is 1.43. The van der Waals surface area contributed by atoms with Crippen molar-refractivity contribution in [1.82, 2.24) is 24.5 Å². The van der Waals surface area contributed by atoms with Gasteiger partial charge in [0.15, 0.2) is 5.82 Å². The minimum atomic E-state index is -0.999. The van der Waals surface area contributed by atoms with Gasteiger partial charge in [0, 0.05) is 7.05 Å². The van der Waals surface area contributed by atoms with Gasteiger partial charge in [0.1, 0.15) is 29.6 Å². The summed E-state index contributed by atoms with van der Waals surface area (Å²) in [6.07, 6.45) is 1.22. The summed E-state index contributed by atoms with van der Waals surface area (Å²) in [6.45, 7) is -0.883. The number of pyridine rings is 1. The van der Waals surface area contributed by atoms with Crippen molar-refractivity contribution in [3.8, 4) is 17.3 Å². The van der Waals surface area contributed by atoms with Gasteiger partial charge in [-0.2, -0.15) is 5.10 Å². The van der Waals surface area contributed by atoms with Crippen LogP contribution in [0.15, 0.2) is 51.9 Å². The summed E-state index contributed by atoms with van der Waals surface area (Å²) in [4.78, 5) is 27.7. The summed E-state index contributed by atoms with van der Waals surface area (Å²) in [5.74, 6) is -3.38. The molecule has 9 nitrogen and oxygen atoms in total. The van der Waals surface area contributed by atoms with Crippen LogP contribution < -0.4 is 11.1 Å². The van der Waals surface area contributed by atoms with Crippen LogP contribution in [-0.2, 0) is 13.7 Å². The molecule has 158 valence electrons. The fraction of sp³-hybridized carbons (Fsp3) is 0.105. The van der Waals surface area contributed by atoms with E-state index in [0.717, 1.165) is 22.8 Å². The van der Waals surface area contributed by atoms with Crippen molar-refractivity contribution >= 4 is 11.6 Å². The first kappa shape index (κ1) is 20.1. The Balaban J connectivity index is 1.60. The Morgan fingerprint density at radius 3 is 2.52 bits per heavy atom. The van der Waals surface area contributed by atoms with Crippen molar-refractivity contribution < 1.29 is 22.5 Å². The third-order valence-electron chi connectivity index (χ3n) is 4.36. The first-order valence-corrected chi connectivity index (χ1v) is 8.79. The lowest BCUT2D eigenvalue weighted by atomic mass is 10.2. The molecule has 3 aromatic heterocycles. The number of nitrogens with one attached hydrogen (secondary N) is 1. The molecule has 31 heavy (non-hydrogen) atoms. The summed E-state index contributed by atoms with van der Waals surface area (Å²) < 4.78 is 47.8. The highest BCUT2D eigenvalue weighted by Crippen LogP contribution is 2.20. The first-order valence-electron chi connectivity index (χ1n) is 8.79. The lowest BCUT2D eigenvalue weighted by Gasteiger charge is -2.08. The number of nitrogens with zero attached hydrogens (tertiary/aromatic N) is 5. The lowest BCUT2D eigenvalue weighted by Crippen LogP contribution is -2.16. The van der Waals surface area contributed by atoms with E-state index in [4.69, 9.17) is 0 Å². The van der Waals surface area contributed by atoms with Crippen LogP contribution >= 0.6 is 0 Å². The number of hydrogen-bond acceptors (Lipinski definition) is 6. The number of rotatable bonds is 5. The molecule has 0 bridgehead atoms. The Labute approximate surface area is 171 Å². The molecule has 1 N–H and O–H groups in total. The van der Waals surface area contributed by atoms with Gasteiger partial charge in [0.2, 0.25) is 5.82 Å². The molecule has 0 aliphatic heterocycles. The number of aromatic nitrogens is 5. The monoisotopic (exact) mass is 430 g/mol. The molecule has 0 radical (unpaired) electrons. The van der Waals surface area contributed by atoms with E-state index in [1.165, 1.54) is 36.1 Å². The van der Waals surface area contributed by atoms with Crippen LogP contribution in [0.2, 0.25) is 0 Å². The molecule has 4 aromatic rings. The SMILES string of the molecule is Cn1c(-c2cc(CF)n(-c3ccc(NC(=O)c4c(F)cccc4F)cn3)n2)noc1=O. The summed E-state index contributed by atoms with van der Waals surface area (Å²) >= 11 is 0. The van der Waals surface area contributed by atoms with Crippen LogP contribution in [-0.4, -0.2) is 30.4 Å². The molecule has 1 amide bonds. The van der Waals surface area contributed by atoms with E-state index in [0.29, 0.717) is 0 Å². The fourth-order valence-electron chi connectivity index (χ4n) is 2.83. The average Bonchev–Trinajstić information content (AvgIpc) is 3.32. The number of alkyl halides is 1. The van der Waals surface area contributed by atoms with Gasteiger partial charge in [-0.1, -0.05) is 11.2 Å². The van der Waals surface area contributed by atoms with Crippen molar-refractivity contribution in [2.75, 3.05) is 5.32 Å². The molecule has 12 heteroatoms. The van der Waals surface area contributed by atoms with Gasteiger partial charge in [-0.15, -0.1) is 0 Å². The number of amides is 1. The normalized spacial score (nSPS) is 11.0. The van der Waals surface area contributed by atoms with Gasteiger partial charge in [-0.05, 0) is 30.3 Å². The quantitative estimate of drug-likeness (QED) is 0.522. The van der Waals surface area contributed by atoms with Gasteiger partial charge < -0.3 is 5.32 Å². The molecule has 1 aromatic carbocycles. The highest BCUT2D eigenvalue weighted by Gasteiger charge is 2.19. The van der Waals surface area contributed by atoms with E-state index in [9.17, 15) is 22.8 Å². The third kappa shape index (κ3) is 3.70. The molecule has 0 unspecified atom stereocenters. The predicted octanol–water partition coefficient (Wildman–Crippen LogP) is 2.62. The molecule has 0 atom stereocenters. The first-order chi connectivity index (χ1) is 14.9. The Morgan fingerprint density at radius 2 is 1.94 bits per heavy atom. The maximum Gasteiger partial charge on any atom is 0.441 e. The average molecular weight is 430 g/mol. The lowest BCUT2D eigenvalue weighted by molar-refractivity contribution is 0.101. The second-order valence-electron chi connectivity index (χ2n) is 6.35. The van der Waals surface area contributed by atoms with Gasteiger partial charge in [-0.25, -0.2) is 27.6 Å². The van der Waals surface area contributed by atoms with E-state index in [2.05, 4.69) is 25.1 Å². The molecule has 0 aliphatic rings. The predicted molar refractivity (Wildman–Crippen MR) is 101 cm³/mol. The van der Waals surface area contributed by atoms with Gasteiger partial charge in [-0.3, -0.25) is 13.9 Å². The molecule has 4 rings (SSSR count). The Morgan fingerprint density at radius 1 is 1.19 bits per heavy atom. The maximum absolute atomic E-state index is 13.7. The smallest absolute Gasteiger partial charge is 0.320 e. The van der Waals surface area contributed by atoms with Crippen molar-refractivity contribution in [2.45, 2.75) is 6.67 Å². The van der Waals surface area contributed by atoms with Crippen molar-refractivity contribution in [3.05, 3.63) is 76.0 Å². The number of halogens is 3. The molecule has 0 saturated heterocycles. The van der Waals surface area contributed by atoms with Gasteiger partial charge in [0.05, 0.1) is 17.6 Å². The van der Waals surface area contributed by atoms with E-state index in [-0.39, 0.29) is 28.7 Å². The maximum atomic E-state index is 13.7. The number of carbonyl (C=O) groups is 1. The van der Waals surface area contributed by atoms with Gasteiger partial charge >= 0.3 is 5.76 Å². The second-order valence-corrected chi connectivity index (χ2v) is 6.35. The Hall–Kier alpha value is -4.22. The minimum Gasteiger partial charge on any atom is -0.320 e. The highest BCUT2D eigenvalue weighted by atomic mass is 19.1. The topological polar surface area (TPSA) is 108 Å². The van der Waals surface area contributed by atoms with Crippen LogP contribution in [0.1, 0.15) is 16.1 Å². The van der Waals surface area contributed by atoms with Gasteiger partial charge in [0.25, 0.3) is 5.91 Å². The largest absolute Gasteiger partial charge is 0.441 e. The number of benzene rings is 1. The molecule has 0 saturated carbocycles. The highest BCUT2D eigenvalue weighted by molar-refractivity contribution is 6.04. The summed E-state index contributed by atoms with van der Waals surface area (Å²) in [6, 6.07) is 7.31. The standard InChI is InChI=1S/C19H13F3N6O3/c1-27-17(26-31-19(27)30)14-7-11(8-20)28(25-14)15-6-5-10(9-23-15)24-18(29)16-12(21)3-2-4-13(16)22/h2-7,9H,8H2,1H3,(H,24,29). The van der Waals surface area contributed by atoms with E-state index < -0.39 is 35.5 Å². The molecule has 0 fully saturated rings. The number of carbonyl (C=O) groups excluding carboxylic acids is 1. The van der Waals surface area contributed by atoms with Crippen molar-refractivity contribution in [2.24, 2.45) is 7.05 Å². The van der Waals surface area contributed by atoms with Crippen molar-refractivity contribution in [3.63, 3.8) is 0 Å². The molecule has 0 spiro atoms. The molecular weight excluding hydrogens is 417 g/mol. The summed E-state index contributed by atoms with van der Waals surface area (Å²) in [5.41, 5.74) is -0.246. The van der Waals surface area contributed by atoms with E-state index >= 15 is 0 Å². The Kier molecular flexibility index (Phi) is 5.11. The zero-order valence-corrected chi connectivity index (χ0v) is 15.8. The fourth-order valence-corrected chi connectivity index (χ4v) is 2.83. The van der Waals surface area contributed by atoms with Crippen LogP contribution in [0.25, 0.3) is 17.3 Å². The van der Waals surface area contributed by atoms with Crippen LogP contribution in [0.4, 0.5) is 18.9 Å². The minimum absolute atomic E-state index is 0.106. The molecule has 3 heterocycles. The second kappa shape index (κ2) is 7.89. The number of anilines is 1. The van der Waals surface area contributed by atoms with E-state index in [1.54, 1.807) is 0 Å².